The Morgan fingerprint density at radius 1 is 0.421 bits per heavy atom. The number of ketones is 2. The van der Waals surface area contributed by atoms with Crippen LogP contribution in [0.3, 0.4) is 0 Å². The maximum absolute atomic E-state index is 13.7. The lowest BCUT2D eigenvalue weighted by molar-refractivity contribution is 0.103. The summed E-state index contributed by atoms with van der Waals surface area (Å²) in [6, 6.07) is 30.3. The Bertz CT molecular complexity index is 2230. The van der Waals surface area contributed by atoms with Crippen molar-refractivity contribution in [2.24, 2.45) is 0 Å². The van der Waals surface area contributed by atoms with Gasteiger partial charge in [0.1, 0.15) is 5.75 Å². The standard InChI is InChI=1S/C35H18O3/c1-38-28-8-4-7-25-29(28)24-14-11-20-19-10-9-18-17-5-2-3-6-23(17)34(36)26-15-12-21(30(19)32(18)26)22-13-16-27(35(25)37)33(24)31(20)22/h2-16H,1H3. The highest BCUT2D eigenvalue weighted by Crippen LogP contribution is 2.51. The predicted octanol–water partition coefficient (Wildman–Crippen LogP) is 8.17. The summed E-state index contributed by atoms with van der Waals surface area (Å²) in [6.45, 7) is 0. The second-order valence-electron chi connectivity index (χ2n) is 10.2. The highest BCUT2D eigenvalue weighted by molar-refractivity contribution is 6.41. The number of methoxy groups -OCH3 is 1. The van der Waals surface area contributed by atoms with E-state index in [4.69, 9.17) is 4.74 Å². The molecular formula is C35H18O3. The molecule has 0 saturated carbocycles. The minimum atomic E-state index is 0.0216. The fourth-order valence-electron chi connectivity index (χ4n) is 7.07. The van der Waals surface area contributed by atoms with Crippen LogP contribution in [0.2, 0.25) is 0 Å². The zero-order valence-corrected chi connectivity index (χ0v) is 20.4. The summed E-state index contributed by atoms with van der Waals surface area (Å²) in [5.41, 5.74) is 6.86. The molecule has 3 heteroatoms. The van der Waals surface area contributed by atoms with E-state index in [2.05, 4.69) is 36.4 Å². The molecule has 2 aliphatic rings. The molecule has 0 heterocycles. The first-order chi connectivity index (χ1) is 18.7. The van der Waals surface area contributed by atoms with Gasteiger partial charge in [0, 0.05) is 38.6 Å². The maximum atomic E-state index is 13.7. The minimum Gasteiger partial charge on any atom is -0.496 e. The first-order valence-corrected chi connectivity index (χ1v) is 12.7. The van der Waals surface area contributed by atoms with Gasteiger partial charge in [-0.2, -0.15) is 0 Å². The van der Waals surface area contributed by atoms with Gasteiger partial charge in [0.2, 0.25) is 0 Å². The molecule has 0 aromatic heterocycles. The van der Waals surface area contributed by atoms with Crippen molar-refractivity contribution in [3.8, 4) is 28.0 Å². The van der Waals surface area contributed by atoms with E-state index in [9.17, 15) is 9.59 Å². The molecule has 2 aliphatic carbocycles. The lowest BCUT2D eigenvalue weighted by atomic mass is 9.76. The second kappa shape index (κ2) is 6.64. The molecule has 0 fully saturated rings. The van der Waals surface area contributed by atoms with E-state index in [0.29, 0.717) is 11.3 Å². The molecule has 0 atom stereocenters. The van der Waals surface area contributed by atoms with Gasteiger partial charge < -0.3 is 4.74 Å². The van der Waals surface area contributed by atoms with Gasteiger partial charge in [0.05, 0.1) is 7.11 Å². The highest BCUT2D eigenvalue weighted by Gasteiger charge is 2.31. The van der Waals surface area contributed by atoms with Gasteiger partial charge >= 0.3 is 0 Å². The van der Waals surface area contributed by atoms with Crippen LogP contribution in [0.1, 0.15) is 31.8 Å². The Morgan fingerprint density at radius 3 is 1.55 bits per heavy atom. The van der Waals surface area contributed by atoms with Crippen molar-refractivity contribution in [1.82, 2.24) is 0 Å². The van der Waals surface area contributed by atoms with Gasteiger partial charge in [0.25, 0.3) is 0 Å². The molecule has 7 aromatic carbocycles. The van der Waals surface area contributed by atoms with Crippen molar-refractivity contribution >= 4 is 54.7 Å². The lowest BCUT2D eigenvalue weighted by Gasteiger charge is -2.26. The fourth-order valence-corrected chi connectivity index (χ4v) is 7.07. The van der Waals surface area contributed by atoms with Crippen LogP contribution in [0, 0.1) is 0 Å². The largest absolute Gasteiger partial charge is 0.496 e. The number of hydrogen-bond acceptors (Lipinski definition) is 3. The van der Waals surface area contributed by atoms with Gasteiger partial charge in [-0.3, -0.25) is 9.59 Å². The van der Waals surface area contributed by atoms with E-state index in [1.165, 1.54) is 0 Å². The predicted molar refractivity (Wildman–Crippen MR) is 152 cm³/mol. The van der Waals surface area contributed by atoms with Crippen LogP contribution in [0.15, 0.2) is 91.0 Å². The molecule has 38 heavy (non-hydrogen) atoms. The zero-order chi connectivity index (χ0) is 25.3. The number of ether oxygens (including phenoxy) is 1. The third-order valence-corrected chi connectivity index (χ3v) is 8.61. The minimum absolute atomic E-state index is 0.0216. The number of carbonyl (C=O) groups excluding carboxylic acids is 2. The van der Waals surface area contributed by atoms with Crippen LogP contribution in [0.4, 0.5) is 0 Å². The van der Waals surface area contributed by atoms with Gasteiger partial charge in [-0.15, -0.1) is 0 Å². The molecule has 7 aromatic rings. The zero-order valence-electron chi connectivity index (χ0n) is 20.4. The molecule has 3 nitrogen and oxygen atoms in total. The van der Waals surface area contributed by atoms with E-state index in [-0.39, 0.29) is 11.6 Å². The molecule has 0 bridgehead atoms. The molecule has 0 N–H and O–H groups in total. The van der Waals surface area contributed by atoms with Crippen molar-refractivity contribution in [3.63, 3.8) is 0 Å². The molecule has 176 valence electrons. The second-order valence-corrected chi connectivity index (χ2v) is 10.2. The monoisotopic (exact) mass is 486 g/mol. The van der Waals surface area contributed by atoms with E-state index in [1.807, 2.05) is 54.6 Å². The Kier molecular flexibility index (Phi) is 3.51. The Balaban J connectivity index is 1.51. The molecule has 0 unspecified atom stereocenters. The van der Waals surface area contributed by atoms with Crippen molar-refractivity contribution < 1.29 is 14.3 Å². The lowest BCUT2D eigenvalue weighted by Crippen LogP contribution is -2.12. The van der Waals surface area contributed by atoms with E-state index >= 15 is 0 Å². The Hall–Kier alpha value is -5.02. The number of fused-ring (bicyclic) bond motifs is 6. The molecule has 0 aliphatic heterocycles. The summed E-state index contributed by atoms with van der Waals surface area (Å²) in [5, 5.41) is 8.57. The van der Waals surface area contributed by atoms with Gasteiger partial charge in [-0.05, 0) is 67.2 Å². The summed E-state index contributed by atoms with van der Waals surface area (Å²) in [6.07, 6.45) is 0. The first-order valence-electron chi connectivity index (χ1n) is 12.7. The van der Waals surface area contributed by atoms with Crippen molar-refractivity contribution in [2.75, 3.05) is 7.11 Å². The third-order valence-electron chi connectivity index (χ3n) is 8.61. The molecule has 0 saturated heterocycles. The summed E-state index contributed by atoms with van der Waals surface area (Å²) in [7, 11) is 1.65. The summed E-state index contributed by atoms with van der Waals surface area (Å²) >= 11 is 0. The number of rotatable bonds is 1. The van der Waals surface area contributed by atoms with Crippen LogP contribution < -0.4 is 4.74 Å². The maximum Gasteiger partial charge on any atom is 0.194 e. The molecule has 0 radical (unpaired) electrons. The molecular weight excluding hydrogens is 468 g/mol. The van der Waals surface area contributed by atoms with Crippen LogP contribution in [0.25, 0.3) is 65.3 Å². The van der Waals surface area contributed by atoms with Crippen LogP contribution in [0.5, 0.6) is 5.75 Å². The Labute approximate surface area is 217 Å². The van der Waals surface area contributed by atoms with E-state index in [0.717, 1.165) is 82.0 Å². The quantitative estimate of drug-likeness (QED) is 0.174. The van der Waals surface area contributed by atoms with Crippen LogP contribution in [-0.4, -0.2) is 18.7 Å². The van der Waals surface area contributed by atoms with Crippen LogP contribution in [-0.2, 0) is 0 Å². The van der Waals surface area contributed by atoms with Crippen molar-refractivity contribution in [1.29, 1.82) is 0 Å². The SMILES string of the molecule is COc1cccc2c1-c1ccc3c4ccc5c6c(ccc(c7ccc(c1c73)C2=O)c64)C(=O)c1ccccc1-5. The highest BCUT2D eigenvalue weighted by atomic mass is 16.5. The van der Waals surface area contributed by atoms with Gasteiger partial charge in [-0.25, -0.2) is 0 Å². The molecule has 0 spiro atoms. The van der Waals surface area contributed by atoms with E-state index in [1.54, 1.807) is 7.11 Å². The summed E-state index contributed by atoms with van der Waals surface area (Å²) < 4.78 is 5.71. The summed E-state index contributed by atoms with van der Waals surface area (Å²) in [4.78, 5) is 27.3. The smallest absolute Gasteiger partial charge is 0.194 e. The number of benzene rings is 7. The molecule has 0 amide bonds. The van der Waals surface area contributed by atoms with Gasteiger partial charge in [-0.1, -0.05) is 72.8 Å². The third kappa shape index (κ3) is 2.14. The topological polar surface area (TPSA) is 43.4 Å². The van der Waals surface area contributed by atoms with Crippen molar-refractivity contribution in [2.45, 2.75) is 0 Å². The number of carbonyl (C=O) groups is 2. The van der Waals surface area contributed by atoms with E-state index < -0.39 is 0 Å². The first kappa shape index (κ1) is 20.1. The van der Waals surface area contributed by atoms with Gasteiger partial charge in [0.15, 0.2) is 11.6 Å². The summed E-state index contributed by atoms with van der Waals surface area (Å²) in [5.74, 6) is 0.796. The normalized spacial score (nSPS) is 13.5. The molecule has 9 rings (SSSR count). The Morgan fingerprint density at radius 2 is 0.921 bits per heavy atom. The van der Waals surface area contributed by atoms with Crippen LogP contribution >= 0.6 is 0 Å². The number of hydrogen-bond donors (Lipinski definition) is 0. The van der Waals surface area contributed by atoms with Crippen molar-refractivity contribution in [3.05, 3.63) is 113 Å². The fraction of sp³-hybridized carbons (Fsp3) is 0.0286. The average molecular weight is 487 g/mol. The average Bonchev–Trinajstić information content (AvgIpc) is 2.97.